The summed E-state index contributed by atoms with van der Waals surface area (Å²) in [5, 5.41) is 1.12. The molecule has 172 valence electrons. The second-order valence-electron chi connectivity index (χ2n) is 6.97. The van der Waals surface area contributed by atoms with Crippen molar-refractivity contribution in [3.8, 4) is 5.75 Å². The Bertz CT molecular complexity index is 1010. The fraction of sp³-hybridized carbons (Fsp3) is 0.364. The van der Waals surface area contributed by atoms with Gasteiger partial charge in [0, 0.05) is 30.2 Å². The van der Waals surface area contributed by atoms with Gasteiger partial charge in [-0.25, -0.2) is 9.78 Å². The Morgan fingerprint density at radius 3 is 2.31 bits per heavy atom. The van der Waals surface area contributed by atoms with Crippen LogP contribution in [0, 0.1) is 20.8 Å². The van der Waals surface area contributed by atoms with Gasteiger partial charge < -0.3 is 9.64 Å². The molecule has 1 amide bonds. The Kier molecular flexibility index (Phi) is 10.2. The molecule has 0 spiro atoms. The number of carbonyl (C=O) groups excluding carboxylic acids is 1. The molecule has 0 atom stereocenters. The Morgan fingerprint density at radius 1 is 1.09 bits per heavy atom. The summed E-state index contributed by atoms with van der Waals surface area (Å²) in [5.74, 6) is 0.365. The van der Waals surface area contributed by atoms with Gasteiger partial charge in [0.25, 0.3) is 0 Å². The first-order valence-electron chi connectivity index (χ1n) is 10.0. The Morgan fingerprint density at radius 2 is 1.78 bits per heavy atom. The van der Waals surface area contributed by atoms with Crippen molar-refractivity contribution in [2.24, 2.45) is 0 Å². The fourth-order valence-electron chi connectivity index (χ4n) is 2.69. The summed E-state index contributed by atoms with van der Waals surface area (Å²) in [6.07, 6.45) is 7.26. The zero-order valence-electron chi connectivity index (χ0n) is 18.5. The van der Waals surface area contributed by atoms with Crippen LogP contribution >= 0.6 is 34.8 Å². The van der Waals surface area contributed by atoms with Gasteiger partial charge in [0.1, 0.15) is 12.9 Å². The van der Waals surface area contributed by atoms with E-state index in [0.29, 0.717) is 33.9 Å². The molecule has 1 aromatic carbocycles. The van der Waals surface area contributed by atoms with Crippen LogP contribution in [0.4, 0.5) is 4.79 Å². The van der Waals surface area contributed by atoms with Crippen molar-refractivity contribution in [1.82, 2.24) is 24.4 Å². The quantitative estimate of drug-likeness (QED) is 0.416. The molecule has 2 heterocycles. The summed E-state index contributed by atoms with van der Waals surface area (Å²) in [5.41, 5.74) is 3.02. The van der Waals surface area contributed by atoms with Gasteiger partial charge in [-0.05, 0) is 39.3 Å². The molecule has 0 saturated heterocycles. The number of aryl methyl sites for hydroxylation is 3. The largest absolute Gasteiger partial charge is 0.489 e. The third kappa shape index (κ3) is 7.65. The summed E-state index contributed by atoms with van der Waals surface area (Å²) in [6.45, 7) is 9.16. The highest BCUT2D eigenvalue weighted by molar-refractivity contribution is 6.40. The maximum absolute atomic E-state index is 12.3. The van der Waals surface area contributed by atoms with Crippen LogP contribution in [0.2, 0.25) is 15.1 Å². The third-order valence-electron chi connectivity index (χ3n) is 4.37. The minimum Gasteiger partial charge on any atom is -0.489 e. The number of rotatable bonds is 6. The van der Waals surface area contributed by atoms with Crippen molar-refractivity contribution in [3.05, 3.63) is 69.2 Å². The summed E-state index contributed by atoms with van der Waals surface area (Å²) >= 11 is 18.0. The number of nitrogens with zero attached hydrogens (tertiary/aromatic N) is 5. The van der Waals surface area contributed by atoms with Gasteiger partial charge in [0.2, 0.25) is 0 Å². The average molecular weight is 499 g/mol. The van der Waals surface area contributed by atoms with Gasteiger partial charge in [-0.1, -0.05) is 41.7 Å². The number of hydrogen-bond donors (Lipinski definition) is 0. The van der Waals surface area contributed by atoms with Gasteiger partial charge >= 0.3 is 6.03 Å². The smallest absolute Gasteiger partial charge is 0.329 e. The lowest BCUT2D eigenvalue weighted by Gasteiger charge is -2.22. The van der Waals surface area contributed by atoms with Crippen LogP contribution in [0.25, 0.3) is 0 Å². The number of imidazole rings is 1. The van der Waals surface area contributed by atoms with E-state index < -0.39 is 0 Å². The van der Waals surface area contributed by atoms with Crippen LogP contribution in [-0.2, 0) is 0 Å². The molecular weight excluding hydrogens is 473 g/mol. The molecular formula is C22H26Cl3N5O2. The first-order valence-corrected chi connectivity index (χ1v) is 11.2. The van der Waals surface area contributed by atoms with E-state index in [-0.39, 0.29) is 12.6 Å². The van der Waals surface area contributed by atoms with E-state index in [1.807, 2.05) is 27.7 Å². The first kappa shape index (κ1) is 25.9. The summed E-state index contributed by atoms with van der Waals surface area (Å²) in [6, 6.07) is 2.97. The molecule has 0 N–H and O–H groups in total. The number of halogens is 3. The second kappa shape index (κ2) is 12.6. The molecule has 0 aliphatic carbocycles. The molecule has 0 aliphatic rings. The van der Waals surface area contributed by atoms with E-state index in [4.69, 9.17) is 39.5 Å². The lowest BCUT2D eigenvalue weighted by molar-refractivity contribution is 0.184. The number of hydrogen-bond acceptors (Lipinski definition) is 5. The molecule has 0 fully saturated rings. The maximum Gasteiger partial charge on any atom is 0.329 e. The number of benzene rings is 1. The molecule has 3 aromatic rings. The van der Waals surface area contributed by atoms with Gasteiger partial charge in [0.05, 0.1) is 33.7 Å². The first-order chi connectivity index (χ1) is 15.2. The van der Waals surface area contributed by atoms with Crippen molar-refractivity contribution in [3.63, 3.8) is 0 Å². The number of carbonyl (C=O) groups is 1. The van der Waals surface area contributed by atoms with Gasteiger partial charge in [-0.15, -0.1) is 0 Å². The SMILES string of the molecule is CCCN(CCOc1c(Cl)cc(Cl)cc1Cl)C(=O)n1ccnc1.Cc1cnc(C)c(C)n1. The predicted molar refractivity (Wildman–Crippen MR) is 128 cm³/mol. The van der Waals surface area contributed by atoms with Crippen LogP contribution in [-0.4, -0.2) is 50.1 Å². The van der Waals surface area contributed by atoms with Crippen LogP contribution in [0.15, 0.2) is 37.1 Å². The van der Waals surface area contributed by atoms with Crippen LogP contribution < -0.4 is 4.74 Å². The Labute approximate surface area is 203 Å². The van der Waals surface area contributed by atoms with Crippen molar-refractivity contribution < 1.29 is 9.53 Å². The van der Waals surface area contributed by atoms with Crippen LogP contribution in [0.3, 0.4) is 0 Å². The summed E-state index contributed by atoms with van der Waals surface area (Å²) < 4.78 is 7.05. The highest BCUT2D eigenvalue weighted by Gasteiger charge is 2.15. The average Bonchev–Trinajstić information content (AvgIpc) is 3.27. The molecule has 32 heavy (non-hydrogen) atoms. The number of amides is 1. The van der Waals surface area contributed by atoms with Crippen LogP contribution in [0.1, 0.15) is 30.4 Å². The molecule has 2 aromatic heterocycles. The van der Waals surface area contributed by atoms with Gasteiger partial charge in [0.15, 0.2) is 5.75 Å². The Balaban J connectivity index is 0.000000336. The Hall–Kier alpha value is -2.35. The minimum absolute atomic E-state index is 0.152. The molecule has 10 heteroatoms. The minimum atomic E-state index is -0.152. The van der Waals surface area contributed by atoms with E-state index in [1.54, 1.807) is 35.6 Å². The fourth-order valence-corrected chi connectivity index (χ4v) is 3.62. The van der Waals surface area contributed by atoms with Crippen molar-refractivity contribution >= 4 is 40.8 Å². The van der Waals surface area contributed by atoms with E-state index in [9.17, 15) is 4.79 Å². The lowest BCUT2D eigenvalue weighted by atomic mass is 10.3. The van der Waals surface area contributed by atoms with E-state index >= 15 is 0 Å². The lowest BCUT2D eigenvalue weighted by Crippen LogP contribution is -2.37. The van der Waals surface area contributed by atoms with Crippen molar-refractivity contribution in [2.75, 3.05) is 19.7 Å². The molecule has 0 unspecified atom stereocenters. The highest BCUT2D eigenvalue weighted by Crippen LogP contribution is 2.35. The normalized spacial score (nSPS) is 10.3. The molecule has 0 aliphatic heterocycles. The van der Waals surface area contributed by atoms with Crippen molar-refractivity contribution in [2.45, 2.75) is 34.1 Å². The topological polar surface area (TPSA) is 73.1 Å². The highest BCUT2D eigenvalue weighted by atomic mass is 35.5. The molecule has 0 radical (unpaired) electrons. The zero-order chi connectivity index (χ0) is 23.7. The third-order valence-corrected chi connectivity index (χ3v) is 5.15. The number of ether oxygens (including phenoxy) is 1. The zero-order valence-corrected chi connectivity index (χ0v) is 20.7. The van der Waals surface area contributed by atoms with Gasteiger partial charge in [-0.3, -0.25) is 14.5 Å². The molecule has 7 nitrogen and oxygen atoms in total. The van der Waals surface area contributed by atoms with E-state index in [1.165, 1.54) is 10.9 Å². The van der Waals surface area contributed by atoms with E-state index in [2.05, 4.69) is 15.0 Å². The standard InChI is InChI=1S/C15H16Cl3N3O2.C7H10N2/c1-2-4-20(15(22)21-5-3-19-10-21)6-7-23-14-12(17)8-11(16)9-13(14)18;1-5-4-8-6(2)7(3)9-5/h3,5,8-10H,2,4,6-7H2,1H3;4H,1-3H3. The summed E-state index contributed by atoms with van der Waals surface area (Å²) in [7, 11) is 0. The summed E-state index contributed by atoms with van der Waals surface area (Å²) in [4.78, 5) is 26.2. The van der Waals surface area contributed by atoms with Crippen LogP contribution in [0.5, 0.6) is 5.75 Å². The monoisotopic (exact) mass is 497 g/mol. The maximum atomic E-state index is 12.3. The predicted octanol–water partition coefficient (Wildman–Crippen LogP) is 6.00. The number of aromatic nitrogens is 4. The van der Waals surface area contributed by atoms with Crippen molar-refractivity contribution in [1.29, 1.82) is 0 Å². The van der Waals surface area contributed by atoms with E-state index in [0.717, 1.165) is 23.5 Å². The second-order valence-corrected chi connectivity index (χ2v) is 8.22. The molecule has 0 bridgehead atoms. The molecule has 3 rings (SSSR count). The molecule has 0 saturated carbocycles. The van der Waals surface area contributed by atoms with Gasteiger partial charge in [-0.2, -0.15) is 0 Å².